The van der Waals surface area contributed by atoms with Crippen molar-refractivity contribution in [2.24, 2.45) is 0 Å². The van der Waals surface area contributed by atoms with Crippen LogP contribution in [0.2, 0.25) is 0 Å². The van der Waals surface area contributed by atoms with E-state index in [0.29, 0.717) is 5.56 Å². The van der Waals surface area contributed by atoms with Gasteiger partial charge in [0.15, 0.2) is 0 Å². The summed E-state index contributed by atoms with van der Waals surface area (Å²) in [6.07, 6.45) is 2.16. The molecule has 5 nitrogen and oxygen atoms in total. The van der Waals surface area contributed by atoms with Gasteiger partial charge in [-0.1, -0.05) is 15.9 Å². The second-order valence-corrected chi connectivity index (χ2v) is 6.90. The highest BCUT2D eigenvalue weighted by Crippen LogP contribution is 2.16. The summed E-state index contributed by atoms with van der Waals surface area (Å²) in [7, 11) is 0. The number of nitrogens with one attached hydrogen (secondary N) is 2. The van der Waals surface area contributed by atoms with Crippen LogP contribution in [0.4, 0.5) is 11.4 Å². The molecule has 2 aromatic rings. The molecular weight excluding hydrogens is 382 g/mol. The molecule has 2 N–H and O–H groups in total. The molecule has 0 aliphatic carbocycles. The van der Waals surface area contributed by atoms with Gasteiger partial charge >= 0.3 is 0 Å². The van der Waals surface area contributed by atoms with Gasteiger partial charge in [-0.3, -0.25) is 9.59 Å². The van der Waals surface area contributed by atoms with E-state index >= 15 is 0 Å². The van der Waals surface area contributed by atoms with Crippen LogP contribution in [0.1, 0.15) is 23.2 Å². The van der Waals surface area contributed by atoms with Gasteiger partial charge in [0.25, 0.3) is 5.91 Å². The third-order valence-electron chi connectivity index (χ3n) is 4.11. The van der Waals surface area contributed by atoms with Crippen LogP contribution in [0, 0.1) is 0 Å². The maximum absolute atomic E-state index is 12.3. The van der Waals surface area contributed by atoms with E-state index < -0.39 is 0 Å². The Morgan fingerprint density at radius 1 is 0.920 bits per heavy atom. The number of anilines is 2. The minimum Gasteiger partial charge on any atom is -0.376 e. The minimum atomic E-state index is -0.125. The monoisotopic (exact) mass is 401 g/mol. The number of likely N-dealkylation sites (tertiary alicyclic amines) is 1. The summed E-state index contributed by atoms with van der Waals surface area (Å²) in [6.45, 7) is 1.85. The molecular formula is C19H20BrN3O2. The Hall–Kier alpha value is -2.34. The molecule has 0 spiro atoms. The third-order valence-corrected chi connectivity index (χ3v) is 4.63. The van der Waals surface area contributed by atoms with Crippen molar-refractivity contribution in [3.05, 3.63) is 58.6 Å². The summed E-state index contributed by atoms with van der Waals surface area (Å²) in [6, 6.07) is 14.7. The molecule has 2 amide bonds. The van der Waals surface area contributed by atoms with Crippen LogP contribution < -0.4 is 10.6 Å². The summed E-state index contributed by atoms with van der Waals surface area (Å²) in [5.74, 6) is -0.0448. The average Bonchev–Trinajstić information content (AvgIpc) is 3.16. The molecule has 0 aromatic heterocycles. The molecule has 0 unspecified atom stereocenters. The van der Waals surface area contributed by atoms with Crippen molar-refractivity contribution in [1.29, 1.82) is 0 Å². The zero-order valence-corrected chi connectivity index (χ0v) is 15.4. The van der Waals surface area contributed by atoms with Crippen molar-refractivity contribution in [2.45, 2.75) is 12.8 Å². The molecule has 0 atom stereocenters. The van der Waals surface area contributed by atoms with Crippen molar-refractivity contribution >= 4 is 39.1 Å². The van der Waals surface area contributed by atoms with Gasteiger partial charge in [0.05, 0.1) is 6.54 Å². The Kier molecular flexibility index (Phi) is 5.71. The quantitative estimate of drug-likeness (QED) is 0.801. The Morgan fingerprint density at radius 2 is 1.52 bits per heavy atom. The van der Waals surface area contributed by atoms with Crippen LogP contribution in [0.25, 0.3) is 0 Å². The Balaban J connectivity index is 1.50. The van der Waals surface area contributed by atoms with E-state index in [2.05, 4.69) is 26.6 Å². The smallest absolute Gasteiger partial charge is 0.253 e. The fourth-order valence-electron chi connectivity index (χ4n) is 2.75. The highest BCUT2D eigenvalue weighted by molar-refractivity contribution is 9.10. The second kappa shape index (κ2) is 8.16. The zero-order valence-electron chi connectivity index (χ0n) is 13.8. The van der Waals surface area contributed by atoms with Gasteiger partial charge in [-0.25, -0.2) is 0 Å². The average molecular weight is 402 g/mol. The molecule has 130 valence electrons. The lowest BCUT2D eigenvalue weighted by atomic mass is 10.2. The number of carbonyl (C=O) groups is 2. The van der Waals surface area contributed by atoms with E-state index in [1.807, 2.05) is 41.3 Å². The SMILES string of the molecule is O=C(CNc1ccc(C(=O)N2CCCC2)cc1)Nc1ccc(Br)cc1. The summed E-state index contributed by atoms with van der Waals surface area (Å²) < 4.78 is 0.965. The zero-order chi connectivity index (χ0) is 17.6. The molecule has 0 bridgehead atoms. The number of benzene rings is 2. The number of halogens is 1. The largest absolute Gasteiger partial charge is 0.376 e. The summed E-state index contributed by atoms with van der Waals surface area (Å²) in [4.78, 5) is 26.1. The molecule has 6 heteroatoms. The predicted molar refractivity (Wildman–Crippen MR) is 103 cm³/mol. The first-order valence-electron chi connectivity index (χ1n) is 8.30. The summed E-state index contributed by atoms with van der Waals surface area (Å²) in [5, 5.41) is 5.89. The fraction of sp³-hybridized carbons (Fsp3) is 0.263. The van der Waals surface area contributed by atoms with Crippen molar-refractivity contribution in [3.8, 4) is 0 Å². The molecule has 1 saturated heterocycles. The van der Waals surface area contributed by atoms with E-state index in [9.17, 15) is 9.59 Å². The lowest BCUT2D eigenvalue weighted by Crippen LogP contribution is -2.27. The Bertz CT molecular complexity index is 738. The Labute approximate surface area is 155 Å². The fourth-order valence-corrected chi connectivity index (χ4v) is 3.02. The van der Waals surface area contributed by atoms with Crippen molar-refractivity contribution in [2.75, 3.05) is 30.3 Å². The summed E-state index contributed by atoms with van der Waals surface area (Å²) >= 11 is 3.36. The Morgan fingerprint density at radius 3 is 2.16 bits per heavy atom. The molecule has 0 radical (unpaired) electrons. The van der Waals surface area contributed by atoms with Gasteiger partial charge in [0.1, 0.15) is 0 Å². The van der Waals surface area contributed by atoms with Crippen molar-refractivity contribution < 1.29 is 9.59 Å². The standard InChI is InChI=1S/C19H20BrN3O2/c20-15-5-9-17(10-6-15)22-18(24)13-21-16-7-3-14(4-8-16)19(25)23-11-1-2-12-23/h3-10,21H,1-2,11-13H2,(H,22,24). The van der Waals surface area contributed by atoms with Crippen molar-refractivity contribution in [3.63, 3.8) is 0 Å². The van der Waals surface area contributed by atoms with Gasteiger partial charge in [0.2, 0.25) is 5.91 Å². The maximum atomic E-state index is 12.3. The van der Waals surface area contributed by atoms with Gasteiger partial charge < -0.3 is 15.5 Å². The number of hydrogen-bond donors (Lipinski definition) is 2. The topological polar surface area (TPSA) is 61.4 Å². The van der Waals surface area contributed by atoms with Gasteiger partial charge in [-0.15, -0.1) is 0 Å². The number of carbonyl (C=O) groups excluding carboxylic acids is 2. The minimum absolute atomic E-state index is 0.0806. The second-order valence-electron chi connectivity index (χ2n) is 5.99. The van der Waals surface area contributed by atoms with Gasteiger partial charge in [-0.2, -0.15) is 0 Å². The number of nitrogens with zero attached hydrogens (tertiary/aromatic N) is 1. The molecule has 1 fully saturated rings. The predicted octanol–water partition coefficient (Wildman–Crippen LogP) is 3.74. The molecule has 25 heavy (non-hydrogen) atoms. The van der Waals surface area contributed by atoms with E-state index in [0.717, 1.165) is 41.8 Å². The van der Waals surface area contributed by atoms with Crippen LogP contribution in [0.3, 0.4) is 0 Å². The molecule has 3 rings (SSSR count). The lowest BCUT2D eigenvalue weighted by molar-refractivity contribution is -0.114. The highest BCUT2D eigenvalue weighted by Gasteiger charge is 2.19. The molecule has 1 heterocycles. The summed E-state index contributed by atoms with van der Waals surface area (Å²) in [5.41, 5.74) is 2.25. The first-order valence-corrected chi connectivity index (χ1v) is 9.10. The first-order chi connectivity index (χ1) is 12.1. The van der Waals surface area contributed by atoms with E-state index in [1.54, 1.807) is 12.1 Å². The molecule has 1 aliphatic rings. The van der Waals surface area contributed by atoms with Gasteiger partial charge in [0, 0.05) is 34.5 Å². The normalized spacial score (nSPS) is 13.6. The van der Waals surface area contributed by atoms with E-state index in [4.69, 9.17) is 0 Å². The van der Waals surface area contributed by atoms with E-state index in [-0.39, 0.29) is 18.4 Å². The third kappa shape index (κ3) is 4.82. The highest BCUT2D eigenvalue weighted by atomic mass is 79.9. The van der Waals surface area contributed by atoms with Crippen molar-refractivity contribution in [1.82, 2.24) is 4.90 Å². The van der Waals surface area contributed by atoms with Crippen LogP contribution in [-0.2, 0) is 4.79 Å². The van der Waals surface area contributed by atoms with Crippen LogP contribution >= 0.6 is 15.9 Å². The maximum Gasteiger partial charge on any atom is 0.253 e. The van der Waals surface area contributed by atoms with Crippen LogP contribution in [0.15, 0.2) is 53.0 Å². The van der Waals surface area contributed by atoms with E-state index in [1.165, 1.54) is 0 Å². The molecule has 2 aromatic carbocycles. The number of amides is 2. The number of hydrogen-bond acceptors (Lipinski definition) is 3. The van der Waals surface area contributed by atoms with Crippen LogP contribution in [-0.4, -0.2) is 36.3 Å². The molecule has 1 aliphatic heterocycles. The lowest BCUT2D eigenvalue weighted by Gasteiger charge is -2.15. The van der Waals surface area contributed by atoms with Gasteiger partial charge in [-0.05, 0) is 61.4 Å². The molecule has 0 saturated carbocycles. The van der Waals surface area contributed by atoms with Crippen LogP contribution in [0.5, 0.6) is 0 Å². The first kappa shape index (κ1) is 17.5. The number of rotatable bonds is 5.